The maximum absolute atomic E-state index is 12.2. The summed E-state index contributed by atoms with van der Waals surface area (Å²) >= 11 is 0. The van der Waals surface area contributed by atoms with E-state index in [1.54, 1.807) is 49.6 Å². The zero-order valence-electron chi connectivity index (χ0n) is 12.8. The molecule has 2 aromatic rings. The van der Waals surface area contributed by atoms with Gasteiger partial charge in [-0.15, -0.1) is 0 Å². The Morgan fingerprint density at radius 3 is 2.22 bits per heavy atom. The Balaban J connectivity index is 2.02. The van der Waals surface area contributed by atoms with E-state index in [0.717, 1.165) is 0 Å². The Labute approximate surface area is 135 Å². The largest absolute Gasteiger partial charge is 0.497 e. The van der Waals surface area contributed by atoms with Crippen LogP contribution in [-0.4, -0.2) is 27.5 Å². The Kier molecular flexibility index (Phi) is 5.36. The van der Waals surface area contributed by atoms with Crippen molar-refractivity contribution in [2.24, 2.45) is 0 Å². The lowest BCUT2D eigenvalue weighted by atomic mass is 10.2. The topological polar surface area (TPSA) is 84.5 Å². The van der Waals surface area contributed by atoms with Crippen molar-refractivity contribution in [3.05, 3.63) is 54.6 Å². The highest BCUT2D eigenvalue weighted by Gasteiger charge is 2.21. The molecule has 0 saturated heterocycles. The minimum atomic E-state index is -3.74. The van der Waals surface area contributed by atoms with Crippen LogP contribution in [0.3, 0.4) is 0 Å². The molecule has 7 heteroatoms. The van der Waals surface area contributed by atoms with Gasteiger partial charge in [-0.3, -0.25) is 4.79 Å². The molecule has 0 bridgehead atoms. The number of nitrogens with one attached hydrogen (secondary N) is 2. The first-order valence-electron chi connectivity index (χ1n) is 6.94. The van der Waals surface area contributed by atoms with Crippen molar-refractivity contribution in [2.45, 2.75) is 17.9 Å². The average Bonchev–Trinajstić information content (AvgIpc) is 2.56. The molecule has 122 valence electrons. The molecular formula is C16H18N2O4S. The van der Waals surface area contributed by atoms with E-state index in [0.29, 0.717) is 11.4 Å². The number of benzene rings is 2. The van der Waals surface area contributed by atoms with Crippen molar-refractivity contribution < 1.29 is 17.9 Å². The molecule has 0 aliphatic carbocycles. The summed E-state index contributed by atoms with van der Waals surface area (Å²) in [6.45, 7) is 1.49. The Hall–Kier alpha value is -2.38. The fourth-order valence-electron chi connectivity index (χ4n) is 1.88. The van der Waals surface area contributed by atoms with Crippen LogP contribution in [0.15, 0.2) is 59.5 Å². The van der Waals surface area contributed by atoms with E-state index in [1.165, 1.54) is 19.1 Å². The van der Waals surface area contributed by atoms with Crippen LogP contribution in [0.4, 0.5) is 5.69 Å². The molecule has 1 amide bonds. The summed E-state index contributed by atoms with van der Waals surface area (Å²) in [6.07, 6.45) is 0. The van der Waals surface area contributed by atoms with Gasteiger partial charge in [0.2, 0.25) is 15.9 Å². The number of sulfonamides is 1. The van der Waals surface area contributed by atoms with Crippen molar-refractivity contribution in [3.63, 3.8) is 0 Å². The molecule has 2 aromatic carbocycles. The highest BCUT2D eigenvalue weighted by molar-refractivity contribution is 7.89. The average molecular weight is 334 g/mol. The molecule has 0 fully saturated rings. The highest BCUT2D eigenvalue weighted by atomic mass is 32.2. The summed E-state index contributed by atoms with van der Waals surface area (Å²) in [7, 11) is -2.19. The van der Waals surface area contributed by atoms with E-state index >= 15 is 0 Å². The summed E-state index contributed by atoms with van der Waals surface area (Å²) in [6, 6.07) is 13.7. The van der Waals surface area contributed by atoms with Gasteiger partial charge in [0.1, 0.15) is 5.75 Å². The minimum Gasteiger partial charge on any atom is -0.497 e. The molecule has 23 heavy (non-hydrogen) atoms. The molecule has 0 aromatic heterocycles. The number of anilines is 1. The second-order valence-corrected chi connectivity index (χ2v) is 6.59. The molecule has 0 heterocycles. The molecule has 6 nitrogen and oxygen atoms in total. The van der Waals surface area contributed by atoms with Crippen molar-refractivity contribution >= 4 is 21.6 Å². The zero-order valence-corrected chi connectivity index (χ0v) is 13.6. The molecule has 2 N–H and O–H groups in total. The summed E-state index contributed by atoms with van der Waals surface area (Å²) in [5, 5.41) is 2.65. The van der Waals surface area contributed by atoms with E-state index in [2.05, 4.69) is 10.0 Å². The van der Waals surface area contributed by atoms with Crippen LogP contribution in [0.2, 0.25) is 0 Å². The van der Waals surface area contributed by atoms with Crippen molar-refractivity contribution in [1.29, 1.82) is 0 Å². The normalized spacial score (nSPS) is 12.4. The van der Waals surface area contributed by atoms with E-state index in [1.807, 2.05) is 0 Å². The molecule has 1 atom stereocenters. The van der Waals surface area contributed by atoms with Crippen molar-refractivity contribution in [2.75, 3.05) is 12.4 Å². The number of carbonyl (C=O) groups is 1. The van der Waals surface area contributed by atoms with Crippen LogP contribution >= 0.6 is 0 Å². The predicted octanol–water partition coefficient (Wildman–Crippen LogP) is 2.00. The Morgan fingerprint density at radius 1 is 1.04 bits per heavy atom. The number of amides is 1. The maximum atomic E-state index is 12.2. The summed E-state index contributed by atoms with van der Waals surface area (Å²) in [5.41, 5.74) is 0.557. The fourth-order valence-corrected chi connectivity index (χ4v) is 3.10. The van der Waals surface area contributed by atoms with Crippen LogP contribution in [0.1, 0.15) is 6.92 Å². The van der Waals surface area contributed by atoms with Gasteiger partial charge in [-0.25, -0.2) is 8.42 Å². The van der Waals surface area contributed by atoms with E-state index < -0.39 is 22.0 Å². The van der Waals surface area contributed by atoms with Gasteiger partial charge in [-0.2, -0.15) is 4.72 Å². The third-order valence-electron chi connectivity index (χ3n) is 3.14. The standard InChI is InChI=1S/C16H18N2O4S/c1-12(18-23(20,21)15-6-4-3-5-7-15)16(19)17-13-8-10-14(22-2)11-9-13/h3-12,18H,1-2H3,(H,17,19)/t12-/m1/s1. The number of rotatable bonds is 6. The highest BCUT2D eigenvalue weighted by Crippen LogP contribution is 2.15. The minimum absolute atomic E-state index is 0.115. The van der Waals surface area contributed by atoms with Gasteiger partial charge in [-0.1, -0.05) is 18.2 Å². The lowest BCUT2D eigenvalue weighted by Gasteiger charge is -2.14. The maximum Gasteiger partial charge on any atom is 0.242 e. The second-order valence-electron chi connectivity index (χ2n) is 4.87. The quantitative estimate of drug-likeness (QED) is 0.846. The molecule has 0 saturated carbocycles. The third-order valence-corrected chi connectivity index (χ3v) is 4.69. The van der Waals surface area contributed by atoms with E-state index in [-0.39, 0.29) is 4.90 Å². The van der Waals surface area contributed by atoms with Crippen LogP contribution in [0.25, 0.3) is 0 Å². The van der Waals surface area contributed by atoms with Gasteiger partial charge in [0, 0.05) is 5.69 Å². The Morgan fingerprint density at radius 2 is 1.65 bits per heavy atom. The van der Waals surface area contributed by atoms with Gasteiger partial charge >= 0.3 is 0 Å². The summed E-state index contributed by atoms with van der Waals surface area (Å²) < 4.78 is 31.7. The molecule has 0 aliphatic rings. The predicted molar refractivity (Wildman–Crippen MR) is 87.8 cm³/mol. The van der Waals surface area contributed by atoms with E-state index in [4.69, 9.17) is 4.74 Å². The Bertz CT molecular complexity index is 758. The number of ether oxygens (including phenoxy) is 1. The van der Waals surface area contributed by atoms with Gasteiger partial charge in [0.05, 0.1) is 18.0 Å². The molecular weight excluding hydrogens is 316 g/mol. The number of hydrogen-bond donors (Lipinski definition) is 2. The lowest BCUT2D eigenvalue weighted by molar-refractivity contribution is -0.117. The molecule has 0 spiro atoms. The molecule has 2 rings (SSSR count). The van der Waals surface area contributed by atoms with Gasteiger partial charge in [0.15, 0.2) is 0 Å². The zero-order chi connectivity index (χ0) is 16.9. The monoisotopic (exact) mass is 334 g/mol. The van der Waals surface area contributed by atoms with Gasteiger partial charge < -0.3 is 10.1 Å². The second kappa shape index (κ2) is 7.26. The molecule has 0 unspecified atom stereocenters. The van der Waals surface area contributed by atoms with Crippen molar-refractivity contribution in [3.8, 4) is 5.75 Å². The van der Waals surface area contributed by atoms with E-state index in [9.17, 15) is 13.2 Å². The smallest absolute Gasteiger partial charge is 0.242 e. The first-order chi connectivity index (χ1) is 10.9. The first kappa shape index (κ1) is 17.0. The van der Waals surface area contributed by atoms with Crippen molar-refractivity contribution in [1.82, 2.24) is 4.72 Å². The summed E-state index contributed by atoms with van der Waals surface area (Å²) in [4.78, 5) is 12.2. The third kappa shape index (κ3) is 4.54. The van der Waals surface area contributed by atoms with Crippen LogP contribution in [0, 0.1) is 0 Å². The number of methoxy groups -OCH3 is 1. The fraction of sp³-hybridized carbons (Fsp3) is 0.188. The number of carbonyl (C=O) groups excluding carboxylic acids is 1. The SMILES string of the molecule is COc1ccc(NC(=O)[C@@H](C)NS(=O)(=O)c2ccccc2)cc1. The van der Waals surface area contributed by atoms with Gasteiger partial charge in [-0.05, 0) is 43.3 Å². The first-order valence-corrected chi connectivity index (χ1v) is 8.43. The molecule has 0 radical (unpaired) electrons. The van der Waals surface area contributed by atoms with Crippen LogP contribution in [0.5, 0.6) is 5.75 Å². The lowest BCUT2D eigenvalue weighted by Crippen LogP contribution is -2.41. The summed E-state index contributed by atoms with van der Waals surface area (Å²) in [5.74, 6) is 0.218. The molecule has 0 aliphatic heterocycles. The van der Waals surface area contributed by atoms with Crippen LogP contribution in [-0.2, 0) is 14.8 Å². The number of hydrogen-bond acceptors (Lipinski definition) is 4. The van der Waals surface area contributed by atoms with Crippen LogP contribution < -0.4 is 14.8 Å². The van der Waals surface area contributed by atoms with Gasteiger partial charge in [0.25, 0.3) is 0 Å².